The van der Waals surface area contributed by atoms with Crippen LogP contribution in [-0.2, 0) is 0 Å². The van der Waals surface area contributed by atoms with Gasteiger partial charge < -0.3 is 0 Å². The monoisotopic (exact) mass is 264 g/mol. The molecule has 1 unspecified atom stereocenters. The van der Waals surface area contributed by atoms with Crippen LogP contribution in [0.25, 0.3) is 0 Å². The molecule has 0 radical (unpaired) electrons. The van der Waals surface area contributed by atoms with E-state index in [2.05, 4.69) is 19.3 Å². The smallest absolute Gasteiger partial charge is 0.123 e. The number of halogens is 1. The maximum Gasteiger partial charge on any atom is 0.123 e. The molecule has 0 amide bonds. The van der Waals surface area contributed by atoms with Crippen LogP contribution in [0.1, 0.15) is 57.6 Å². The van der Waals surface area contributed by atoms with E-state index in [1.807, 2.05) is 12.1 Å². The summed E-state index contributed by atoms with van der Waals surface area (Å²) in [7, 11) is 0. The fraction of sp³-hybridized carbons (Fsp3) is 0.625. The zero-order chi connectivity index (χ0) is 13.9. The van der Waals surface area contributed by atoms with E-state index in [1.165, 1.54) is 44.2 Å². The summed E-state index contributed by atoms with van der Waals surface area (Å²) in [5.74, 6) is 6.30. The van der Waals surface area contributed by atoms with Gasteiger partial charge in [0.15, 0.2) is 0 Å². The number of nitrogens with two attached hydrogens (primary N) is 1. The highest BCUT2D eigenvalue weighted by atomic mass is 19.1. The molecule has 1 aromatic carbocycles. The molecule has 1 fully saturated rings. The van der Waals surface area contributed by atoms with Crippen LogP contribution in [0.2, 0.25) is 0 Å². The maximum atomic E-state index is 13.1. The van der Waals surface area contributed by atoms with Gasteiger partial charge in [-0.2, -0.15) is 0 Å². The Kier molecular flexibility index (Phi) is 4.58. The predicted octanol–water partition coefficient (Wildman–Crippen LogP) is 3.94. The highest BCUT2D eigenvalue weighted by Crippen LogP contribution is 2.51. The lowest BCUT2D eigenvalue weighted by atomic mass is 9.70. The summed E-state index contributed by atoms with van der Waals surface area (Å²) in [4.78, 5) is 0. The molecule has 0 aliphatic heterocycles. The third-order valence-corrected chi connectivity index (χ3v) is 4.40. The van der Waals surface area contributed by atoms with Crippen LogP contribution in [0, 0.1) is 17.2 Å². The minimum absolute atomic E-state index is 0.123. The summed E-state index contributed by atoms with van der Waals surface area (Å²) in [6.07, 6.45) is 6.12. The lowest BCUT2D eigenvalue weighted by molar-refractivity contribution is 0.156. The van der Waals surface area contributed by atoms with Crippen molar-refractivity contribution in [1.29, 1.82) is 0 Å². The quantitative estimate of drug-likeness (QED) is 0.624. The Balaban J connectivity index is 2.29. The largest absolute Gasteiger partial charge is 0.271 e. The first-order valence-electron chi connectivity index (χ1n) is 7.29. The number of hydrogen-bond acceptors (Lipinski definition) is 2. The van der Waals surface area contributed by atoms with Crippen molar-refractivity contribution in [3.63, 3.8) is 0 Å². The lowest BCUT2D eigenvalue weighted by Crippen LogP contribution is -2.41. The van der Waals surface area contributed by atoms with Crippen molar-refractivity contribution < 1.29 is 4.39 Å². The second kappa shape index (κ2) is 6.02. The summed E-state index contributed by atoms with van der Waals surface area (Å²) < 4.78 is 13.1. The van der Waals surface area contributed by atoms with E-state index in [0.717, 1.165) is 5.56 Å². The van der Waals surface area contributed by atoms with Crippen LogP contribution in [0.15, 0.2) is 24.3 Å². The van der Waals surface area contributed by atoms with Crippen LogP contribution in [0.4, 0.5) is 4.39 Å². The Morgan fingerprint density at radius 1 is 1.21 bits per heavy atom. The average molecular weight is 264 g/mol. The number of benzene rings is 1. The second-order valence-corrected chi connectivity index (χ2v) is 6.32. The summed E-state index contributed by atoms with van der Waals surface area (Å²) in [5.41, 5.74) is 4.33. The van der Waals surface area contributed by atoms with E-state index < -0.39 is 0 Å². The minimum Gasteiger partial charge on any atom is -0.271 e. The van der Waals surface area contributed by atoms with Crippen molar-refractivity contribution in [3.05, 3.63) is 35.6 Å². The summed E-state index contributed by atoms with van der Waals surface area (Å²) >= 11 is 0. The fourth-order valence-corrected chi connectivity index (χ4v) is 3.78. The Labute approximate surface area is 115 Å². The van der Waals surface area contributed by atoms with Crippen LogP contribution < -0.4 is 11.3 Å². The van der Waals surface area contributed by atoms with E-state index >= 15 is 0 Å². The highest BCUT2D eigenvalue weighted by Gasteiger charge is 2.41. The lowest BCUT2D eigenvalue weighted by Gasteiger charge is -2.39. The molecule has 0 aromatic heterocycles. The van der Waals surface area contributed by atoms with Gasteiger partial charge in [0.25, 0.3) is 0 Å². The van der Waals surface area contributed by atoms with Gasteiger partial charge in [0, 0.05) is 0 Å². The molecule has 1 aliphatic rings. The second-order valence-electron chi connectivity index (χ2n) is 6.32. The first-order chi connectivity index (χ1) is 9.07. The fourth-order valence-electron chi connectivity index (χ4n) is 3.78. The van der Waals surface area contributed by atoms with Gasteiger partial charge in [-0.25, -0.2) is 4.39 Å². The molecule has 1 aromatic rings. The Morgan fingerprint density at radius 2 is 1.79 bits per heavy atom. The minimum atomic E-state index is -0.191. The summed E-state index contributed by atoms with van der Waals surface area (Å²) in [5, 5.41) is 0. The summed E-state index contributed by atoms with van der Waals surface area (Å²) in [6, 6.07) is 6.90. The van der Waals surface area contributed by atoms with E-state index in [4.69, 9.17) is 5.84 Å². The van der Waals surface area contributed by atoms with Crippen LogP contribution in [0.5, 0.6) is 0 Å². The van der Waals surface area contributed by atoms with Crippen molar-refractivity contribution >= 4 is 0 Å². The molecule has 1 atom stereocenters. The molecule has 19 heavy (non-hydrogen) atoms. The van der Waals surface area contributed by atoms with Crippen molar-refractivity contribution in [2.24, 2.45) is 17.2 Å². The standard InChI is InChI=1S/C16H25FN2/c1-12(2)11-16(9-3-4-10-16)15(19-18)13-5-7-14(17)8-6-13/h5-8,12,15,19H,3-4,9-11,18H2,1-2H3. The number of hydrogen-bond donors (Lipinski definition) is 2. The third kappa shape index (κ3) is 3.15. The number of rotatable bonds is 5. The van der Waals surface area contributed by atoms with Gasteiger partial charge >= 0.3 is 0 Å². The van der Waals surface area contributed by atoms with E-state index in [1.54, 1.807) is 0 Å². The first kappa shape index (κ1) is 14.5. The van der Waals surface area contributed by atoms with Crippen LogP contribution in [0.3, 0.4) is 0 Å². The van der Waals surface area contributed by atoms with Gasteiger partial charge in [0.1, 0.15) is 5.82 Å². The van der Waals surface area contributed by atoms with Crippen molar-refractivity contribution in [2.45, 2.75) is 52.0 Å². The van der Waals surface area contributed by atoms with Gasteiger partial charge in [0.05, 0.1) is 6.04 Å². The third-order valence-electron chi connectivity index (χ3n) is 4.40. The average Bonchev–Trinajstić information content (AvgIpc) is 2.81. The molecule has 3 N–H and O–H groups in total. The molecule has 106 valence electrons. The van der Waals surface area contributed by atoms with E-state index in [9.17, 15) is 4.39 Å². The molecule has 1 saturated carbocycles. The van der Waals surface area contributed by atoms with Crippen molar-refractivity contribution in [3.8, 4) is 0 Å². The van der Waals surface area contributed by atoms with Crippen molar-refractivity contribution in [1.82, 2.24) is 5.43 Å². The zero-order valence-electron chi connectivity index (χ0n) is 12.0. The maximum absolute atomic E-state index is 13.1. The Hall–Kier alpha value is -0.930. The van der Waals surface area contributed by atoms with Crippen LogP contribution >= 0.6 is 0 Å². The molecular weight excluding hydrogens is 239 g/mol. The molecule has 0 spiro atoms. The SMILES string of the molecule is CC(C)CC1(C(NN)c2ccc(F)cc2)CCCC1. The first-order valence-corrected chi connectivity index (χ1v) is 7.29. The van der Waals surface area contributed by atoms with E-state index in [0.29, 0.717) is 5.92 Å². The molecule has 3 heteroatoms. The molecule has 0 heterocycles. The molecule has 0 saturated heterocycles. The van der Waals surface area contributed by atoms with E-state index in [-0.39, 0.29) is 17.3 Å². The molecule has 1 aliphatic carbocycles. The van der Waals surface area contributed by atoms with Crippen molar-refractivity contribution in [2.75, 3.05) is 0 Å². The van der Waals surface area contributed by atoms with Gasteiger partial charge in [-0.3, -0.25) is 11.3 Å². The normalized spacial score (nSPS) is 19.8. The van der Waals surface area contributed by atoms with Gasteiger partial charge in [-0.05, 0) is 48.3 Å². The Morgan fingerprint density at radius 3 is 2.26 bits per heavy atom. The molecular formula is C16H25FN2. The van der Waals surface area contributed by atoms with Gasteiger partial charge in [-0.15, -0.1) is 0 Å². The topological polar surface area (TPSA) is 38.0 Å². The predicted molar refractivity (Wildman–Crippen MR) is 76.8 cm³/mol. The molecule has 0 bridgehead atoms. The highest BCUT2D eigenvalue weighted by molar-refractivity contribution is 5.23. The molecule has 2 nitrogen and oxygen atoms in total. The number of hydrazine groups is 1. The van der Waals surface area contributed by atoms with Gasteiger partial charge in [-0.1, -0.05) is 38.8 Å². The summed E-state index contributed by atoms with van der Waals surface area (Å²) in [6.45, 7) is 4.52. The van der Waals surface area contributed by atoms with Crippen LogP contribution in [-0.4, -0.2) is 0 Å². The van der Waals surface area contributed by atoms with Gasteiger partial charge in [0.2, 0.25) is 0 Å². The number of nitrogens with one attached hydrogen (secondary N) is 1. The Bertz CT molecular complexity index is 394. The zero-order valence-corrected chi connectivity index (χ0v) is 12.0. The molecule has 2 rings (SSSR count).